The number of rotatable bonds is 5. The van der Waals surface area contributed by atoms with Crippen LogP contribution in [0.2, 0.25) is 0 Å². The average Bonchev–Trinajstić information content (AvgIpc) is 2.90. The predicted octanol–water partition coefficient (Wildman–Crippen LogP) is 3.39. The van der Waals surface area contributed by atoms with Gasteiger partial charge in [0.2, 0.25) is 0 Å². The Morgan fingerprint density at radius 3 is 2.38 bits per heavy atom. The Bertz CT molecular complexity index is 931. The molecule has 0 spiro atoms. The number of hydrogen-bond acceptors (Lipinski definition) is 7. The molecule has 2 aromatic carbocycles. The van der Waals surface area contributed by atoms with Gasteiger partial charge in [-0.3, -0.25) is 25.0 Å². The first-order valence-electron chi connectivity index (χ1n) is 7.42. The number of carbonyl (C=O) groups excluding carboxylic acids is 1. The second kappa shape index (κ2) is 6.92. The number of hydrogen-bond donors (Lipinski definition) is 0. The lowest BCUT2D eigenvalue weighted by molar-refractivity contribution is -0.396. The summed E-state index contributed by atoms with van der Waals surface area (Å²) in [5.74, 6) is -0.327. The minimum Gasteiger partial charge on any atom is -0.271 e. The fourth-order valence-corrected chi connectivity index (χ4v) is 3.50. The Balaban J connectivity index is 1.90. The Hall–Kier alpha value is -3.27. The van der Waals surface area contributed by atoms with Crippen LogP contribution in [0.15, 0.2) is 58.5 Å². The standard InChI is InChI=1S/C16H12N4O5S/c1-10-15(16(21)18(17-10)11-5-3-2-4-6-11)26-14-8-7-12(19(22)23)9-13(14)20(24)25/h2-9,15H,1H3/t15-/m1/s1. The number of benzene rings is 2. The number of amides is 1. The van der Waals surface area contributed by atoms with E-state index in [0.29, 0.717) is 11.4 Å². The zero-order valence-electron chi connectivity index (χ0n) is 13.4. The second-order valence-corrected chi connectivity index (χ2v) is 6.54. The topological polar surface area (TPSA) is 119 Å². The molecule has 0 N–H and O–H groups in total. The van der Waals surface area contributed by atoms with E-state index < -0.39 is 20.8 Å². The van der Waals surface area contributed by atoms with Crippen molar-refractivity contribution in [2.45, 2.75) is 17.1 Å². The van der Waals surface area contributed by atoms with Crippen LogP contribution in [0.3, 0.4) is 0 Å². The molecular weight excluding hydrogens is 360 g/mol. The molecular formula is C16H12N4O5S. The van der Waals surface area contributed by atoms with Gasteiger partial charge < -0.3 is 0 Å². The summed E-state index contributed by atoms with van der Waals surface area (Å²) in [5.41, 5.74) is 0.299. The molecule has 26 heavy (non-hydrogen) atoms. The van der Waals surface area contributed by atoms with Crippen LogP contribution in [0.4, 0.5) is 17.1 Å². The maximum atomic E-state index is 12.7. The molecule has 1 aliphatic heterocycles. The van der Waals surface area contributed by atoms with Crippen LogP contribution in [0.25, 0.3) is 0 Å². The first kappa shape index (κ1) is 17.5. The van der Waals surface area contributed by atoms with Gasteiger partial charge in [0.05, 0.1) is 32.2 Å². The highest BCUT2D eigenvalue weighted by atomic mass is 32.2. The molecule has 1 amide bonds. The van der Waals surface area contributed by atoms with Gasteiger partial charge in [-0.15, -0.1) is 0 Å². The molecule has 0 saturated carbocycles. The molecule has 0 aliphatic carbocycles. The molecule has 1 aliphatic rings. The summed E-state index contributed by atoms with van der Waals surface area (Å²) in [6.07, 6.45) is 0. The quantitative estimate of drug-likeness (QED) is 0.586. The van der Waals surface area contributed by atoms with E-state index in [1.54, 1.807) is 31.2 Å². The van der Waals surface area contributed by atoms with Crippen LogP contribution < -0.4 is 5.01 Å². The lowest BCUT2D eigenvalue weighted by atomic mass is 10.2. The monoisotopic (exact) mass is 372 g/mol. The Morgan fingerprint density at radius 1 is 1.08 bits per heavy atom. The Kier molecular flexibility index (Phi) is 4.67. The normalized spacial score (nSPS) is 16.5. The molecule has 2 aromatic rings. The number of hydrazone groups is 1. The molecule has 132 valence electrons. The Labute approximate surface area is 151 Å². The van der Waals surface area contributed by atoms with Crippen molar-refractivity contribution in [2.75, 3.05) is 5.01 Å². The van der Waals surface area contributed by atoms with Crippen LogP contribution in [0.1, 0.15) is 6.92 Å². The van der Waals surface area contributed by atoms with E-state index in [4.69, 9.17) is 0 Å². The second-order valence-electron chi connectivity index (χ2n) is 5.39. The first-order chi connectivity index (χ1) is 12.4. The summed E-state index contributed by atoms with van der Waals surface area (Å²) in [5, 5.41) is 26.8. The van der Waals surface area contributed by atoms with Crippen molar-refractivity contribution >= 4 is 40.4 Å². The van der Waals surface area contributed by atoms with E-state index in [1.807, 2.05) is 6.07 Å². The SMILES string of the molecule is CC1=NN(c2ccccc2)C(=O)[C@@H]1Sc1ccc([N+](=O)[O-])cc1[N+](=O)[O-]. The average molecular weight is 372 g/mol. The highest BCUT2D eigenvalue weighted by molar-refractivity contribution is 8.01. The summed E-state index contributed by atoms with van der Waals surface area (Å²) in [6, 6.07) is 12.2. The van der Waals surface area contributed by atoms with Crippen LogP contribution in [0.5, 0.6) is 0 Å². The van der Waals surface area contributed by atoms with Crippen molar-refractivity contribution in [1.29, 1.82) is 0 Å². The zero-order valence-corrected chi connectivity index (χ0v) is 14.3. The van der Waals surface area contributed by atoms with Gasteiger partial charge >= 0.3 is 0 Å². The van der Waals surface area contributed by atoms with Crippen molar-refractivity contribution in [3.8, 4) is 0 Å². The van der Waals surface area contributed by atoms with E-state index in [1.165, 1.54) is 17.1 Å². The molecule has 0 radical (unpaired) electrons. The molecule has 0 unspecified atom stereocenters. The molecule has 1 atom stereocenters. The lowest BCUT2D eigenvalue weighted by Crippen LogP contribution is -2.29. The molecule has 3 rings (SSSR count). The summed E-state index contributed by atoms with van der Waals surface area (Å²) >= 11 is 0.955. The molecule has 0 fully saturated rings. The molecule has 10 heteroatoms. The number of thioether (sulfide) groups is 1. The maximum absolute atomic E-state index is 12.7. The fraction of sp³-hybridized carbons (Fsp3) is 0.125. The third-order valence-corrected chi connectivity index (χ3v) is 5.04. The summed E-state index contributed by atoms with van der Waals surface area (Å²) in [7, 11) is 0. The number of carbonyl (C=O) groups is 1. The van der Waals surface area contributed by atoms with Gasteiger partial charge in [0.15, 0.2) is 0 Å². The van der Waals surface area contributed by atoms with Crippen molar-refractivity contribution < 1.29 is 14.6 Å². The third kappa shape index (κ3) is 3.26. The van der Waals surface area contributed by atoms with E-state index in [9.17, 15) is 25.0 Å². The maximum Gasteiger partial charge on any atom is 0.289 e. The van der Waals surface area contributed by atoms with Crippen molar-refractivity contribution in [3.63, 3.8) is 0 Å². The molecule has 1 heterocycles. The van der Waals surface area contributed by atoms with Crippen LogP contribution in [-0.4, -0.2) is 26.7 Å². The van der Waals surface area contributed by atoms with Crippen molar-refractivity contribution in [1.82, 2.24) is 0 Å². The smallest absolute Gasteiger partial charge is 0.271 e. The summed E-state index contributed by atoms with van der Waals surface area (Å²) in [6.45, 7) is 1.66. The third-order valence-electron chi connectivity index (χ3n) is 3.67. The fourth-order valence-electron chi connectivity index (χ4n) is 2.43. The number of non-ortho nitro benzene ring substituents is 1. The van der Waals surface area contributed by atoms with Gasteiger partial charge in [0.1, 0.15) is 5.25 Å². The molecule has 9 nitrogen and oxygen atoms in total. The van der Waals surface area contributed by atoms with Crippen LogP contribution in [-0.2, 0) is 4.79 Å². The minimum absolute atomic E-state index is 0.170. The van der Waals surface area contributed by atoms with E-state index in [-0.39, 0.29) is 16.5 Å². The number of nitro benzene ring substituents is 2. The predicted molar refractivity (Wildman–Crippen MR) is 96.4 cm³/mol. The van der Waals surface area contributed by atoms with Gasteiger partial charge in [0.25, 0.3) is 17.3 Å². The largest absolute Gasteiger partial charge is 0.289 e. The summed E-state index contributed by atoms with van der Waals surface area (Å²) in [4.78, 5) is 33.6. The highest BCUT2D eigenvalue weighted by Gasteiger charge is 2.37. The number of anilines is 1. The van der Waals surface area contributed by atoms with Gasteiger partial charge in [-0.1, -0.05) is 30.0 Å². The summed E-state index contributed by atoms with van der Waals surface area (Å²) < 4.78 is 0. The number of nitrogens with zero attached hydrogens (tertiary/aromatic N) is 4. The van der Waals surface area contributed by atoms with Gasteiger partial charge in [-0.25, -0.2) is 0 Å². The van der Waals surface area contributed by atoms with Crippen molar-refractivity contribution in [3.05, 3.63) is 68.8 Å². The van der Waals surface area contributed by atoms with Crippen molar-refractivity contribution in [2.24, 2.45) is 5.10 Å². The number of para-hydroxylation sites is 1. The lowest BCUT2D eigenvalue weighted by Gasteiger charge is -2.14. The van der Waals surface area contributed by atoms with Crippen LogP contribution >= 0.6 is 11.8 Å². The number of nitro groups is 2. The van der Waals surface area contributed by atoms with Gasteiger partial charge in [-0.2, -0.15) is 10.1 Å². The first-order valence-corrected chi connectivity index (χ1v) is 8.30. The van der Waals surface area contributed by atoms with Gasteiger partial charge in [0, 0.05) is 6.07 Å². The molecule has 0 bridgehead atoms. The van der Waals surface area contributed by atoms with Crippen LogP contribution in [0, 0.1) is 20.2 Å². The molecule has 0 saturated heterocycles. The van der Waals surface area contributed by atoms with E-state index in [2.05, 4.69) is 5.10 Å². The van der Waals surface area contributed by atoms with E-state index >= 15 is 0 Å². The molecule has 0 aromatic heterocycles. The van der Waals surface area contributed by atoms with E-state index in [0.717, 1.165) is 17.8 Å². The highest BCUT2D eigenvalue weighted by Crippen LogP contribution is 2.38. The minimum atomic E-state index is -0.740. The zero-order chi connectivity index (χ0) is 18.8. The Morgan fingerprint density at radius 2 is 1.77 bits per heavy atom. The van der Waals surface area contributed by atoms with Gasteiger partial charge in [-0.05, 0) is 25.1 Å².